The Hall–Kier alpha value is -2.60. The third kappa shape index (κ3) is 6.73. The SMILES string of the molecule is CCCCN(CC(=O)N(Cc1ccco1)CC1CCCO1)C(=O)Cc1ccccc1. The number of carbonyl (C=O) groups is 2. The van der Waals surface area contributed by atoms with Crippen molar-refractivity contribution in [3.8, 4) is 0 Å². The highest BCUT2D eigenvalue weighted by molar-refractivity contribution is 5.86. The molecule has 2 heterocycles. The van der Waals surface area contributed by atoms with Crippen LogP contribution in [0.3, 0.4) is 0 Å². The molecule has 1 aromatic carbocycles. The Morgan fingerprint density at radius 1 is 1.07 bits per heavy atom. The highest BCUT2D eigenvalue weighted by Crippen LogP contribution is 2.16. The molecular weight excluding hydrogens is 380 g/mol. The Balaban J connectivity index is 1.67. The van der Waals surface area contributed by atoms with Crippen LogP contribution in [0.5, 0.6) is 0 Å². The van der Waals surface area contributed by atoms with Crippen molar-refractivity contribution in [3.05, 3.63) is 60.1 Å². The van der Waals surface area contributed by atoms with Gasteiger partial charge in [0.25, 0.3) is 0 Å². The first kappa shape index (κ1) is 22.1. The van der Waals surface area contributed by atoms with Crippen molar-refractivity contribution in [1.82, 2.24) is 9.80 Å². The summed E-state index contributed by atoms with van der Waals surface area (Å²) in [5, 5.41) is 0. The average Bonchev–Trinajstić information content (AvgIpc) is 3.45. The van der Waals surface area contributed by atoms with Crippen molar-refractivity contribution < 1.29 is 18.7 Å². The van der Waals surface area contributed by atoms with E-state index >= 15 is 0 Å². The van der Waals surface area contributed by atoms with E-state index < -0.39 is 0 Å². The number of furan rings is 1. The lowest BCUT2D eigenvalue weighted by Gasteiger charge is -2.29. The van der Waals surface area contributed by atoms with Crippen molar-refractivity contribution >= 4 is 11.8 Å². The monoisotopic (exact) mass is 412 g/mol. The van der Waals surface area contributed by atoms with Gasteiger partial charge >= 0.3 is 0 Å². The molecule has 2 amide bonds. The molecule has 1 aromatic heterocycles. The van der Waals surface area contributed by atoms with Crippen LogP contribution in [0, 0.1) is 0 Å². The van der Waals surface area contributed by atoms with Gasteiger partial charge in [-0.15, -0.1) is 0 Å². The lowest BCUT2D eigenvalue weighted by Crippen LogP contribution is -2.45. The first-order valence-corrected chi connectivity index (χ1v) is 10.9. The van der Waals surface area contributed by atoms with Crippen molar-refractivity contribution in [1.29, 1.82) is 0 Å². The van der Waals surface area contributed by atoms with Gasteiger partial charge in [0.2, 0.25) is 11.8 Å². The van der Waals surface area contributed by atoms with Gasteiger partial charge < -0.3 is 19.0 Å². The normalized spacial score (nSPS) is 15.8. The smallest absolute Gasteiger partial charge is 0.242 e. The molecule has 162 valence electrons. The van der Waals surface area contributed by atoms with E-state index in [0.29, 0.717) is 26.1 Å². The van der Waals surface area contributed by atoms with E-state index in [1.54, 1.807) is 16.1 Å². The van der Waals surface area contributed by atoms with Gasteiger partial charge in [0.15, 0.2) is 0 Å². The van der Waals surface area contributed by atoms with Crippen LogP contribution in [0.1, 0.15) is 43.9 Å². The number of ether oxygens (including phenoxy) is 1. The van der Waals surface area contributed by atoms with E-state index in [1.165, 1.54) is 0 Å². The zero-order valence-electron chi connectivity index (χ0n) is 17.8. The Kier molecular flexibility index (Phi) is 8.51. The first-order chi connectivity index (χ1) is 14.7. The number of hydrogen-bond donors (Lipinski definition) is 0. The number of unbranched alkanes of at least 4 members (excludes halogenated alkanes) is 1. The van der Waals surface area contributed by atoms with Gasteiger partial charge in [-0.1, -0.05) is 43.7 Å². The molecule has 1 saturated heterocycles. The molecule has 1 atom stereocenters. The predicted octanol–water partition coefficient (Wildman–Crippen LogP) is 3.66. The fourth-order valence-electron chi connectivity index (χ4n) is 3.67. The fraction of sp³-hybridized carbons (Fsp3) is 0.500. The van der Waals surface area contributed by atoms with Gasteiger partial charge in [0.05, 0.1) is 31.9 Å². The molecule has 0 N–H and O–H groups in total. The Bertz CT molecular complexity index is 770. The third-order valence-corrected chi connectivity index (χ3v) is 5.39. The maximum absolute atomic E-state index is 13.2. The molecule has 1 aliphatic rings. The highest BCUT2D eigenvalue weighted by Gasteiger charge is 2.26. The topological polar surface area (TPSA) is 63.0 Å². The molecule has 0 aliphatic carbocycles. The summed E-state index contributed by atoms with van der Waals surface area (Å²) in [6, 6.07) is 13.4. The minimum Gasteiger partial charge on any atom is -0.467 e. The number of rotatable bonds is 11. The highest BCUT2D eigenvalue weighted by atomic mass is 16.5. The van der Waals surface area contributed by atoms with Gasteiger partial charge in [-0.2, -0.15) is 0 Å². The van der Waals surface area contributed by atoms with E-state index in [9.17, 15) is 9.59 Å². The zero-order chi connectivity index (χ0) is 21.2. The summed E-state index contributed by atoms with van der Waals surface area (Å²) in [5.41, 5.74) is 0.961. The maximum atomic E-state index is 13.2. The summed E-state index contributed by atoms with van der Waals surface area (Å²) in [5.74, 6) is 0.648. The summed E-state index contributed by atoms with van der Waals surface area (Å²) in [7, 11) is 0. The predicted molar refractivity (Wildman–Crippen MR) is 115 cm³/mol. The van der Waals surface area contributed by atoms with Crippen molar-refractivity contribution in [2.24, 2.45) is 0 Å². The first-order valence-electron chi connectivity index (χ1n) is 10.9. The molecule has 2 aromatic rings. The summed E-state index contributed by atoms with van der Waals surface area (Å²) >= 11 is 0. The number of benzene rings is 1. The second-order valence-electron chi connectivity index (χ2n) is 7.82. The number of carbonyl (C=O) groups excluding carboxylic acids is 2. The third-order valence-electron chi connectivity index (χ3n) is 5.39. The van der Waals surface area contributed by atoms with Crippen LogP contribution >= 0.6 is 0 Å². The molecule has 6 heteroatoms. The lowest BCUT2D eigenvalue weighted by molar-refractivity contribution is -0.141. The van der Waals surface area contributed by atoms with Crippen molar-refractivity contribution in [2.75, 3.05) is 26.2 Å². The number of nitrogens with zero attached hydrogens (tertiary/aromatic N) is 2. The molecule has 0 spiro atoms. The van der Waals surface area contributed by atoms with E-state index in [4.69, 9.17) is 9.15 Å². The van der Waals surface area contributed by atoms with Gasteiger partial charge in [-0.05, 0) is 37.0 Å². The van der Waals surface area contributed by atoms with Crippen LogP contribution in [-0.2, 0) is 27.3 Å². The summed E-state index contributed by atoms with van der Waals surface area (Å²) in [6.07, 6.45) is 5.78. The van der Waals surface area contributed by atoms with Crippen molar-refractivity contribution in [3.63, 3.8) is 0 Å². The second-order valence-corrected chi connectivity index (χ2v) is 7.82. The molecular formula is C24H32N2O4. The average molecular weight is 413 g/mol. The van der Waals surface area contributed by atoms with Crippen LogP contribution in [-0.4, -0.2) is 54.0 Å². The van der Waals surface area contributed by atoms with E-state index in [0.717, 1.165) is 43.6 Å². The van der Waals surface area contributed by atoms with Gasteiger partial charge in [0, 0.05) is 19.7 Å². The Morgan fingerprint density at radius 3 is 2.57 bits per heavy atom. The van der Waals surface area contributed by atoms with Gasteiger partial charge in [-0.3, -0.25) is 9.59 Å². The molecule has 0 radical (unpaired) electrons. The number of hydrogen-bond acceptors (Lipinski definition) is 4. The molecule has 1 unspecified atom stereocenters. The second kappa shape index (κ2) is 11.6. The molecule has 0 bridgehead atoms. The molecule has 1 fully saturated rings. The Labute approximate surface area is 178 Å². The molecule has 3 rings (SSSR count). The fourth-order valence-corrected chi connectivity index (χ4v) is 3.67. The Morgan fingerprint density at radius 2 is 1.90 bits per heavy atom. The van der Waals surface area contributed by atoms with Gasteiger partial charge in [0.1, 0.15) is 5.76 Å². The largest absolute Gasteiger partial charge is 0.467 e. The van der Waals surface area contributed by atoms with Crippen LogP contribution in [0.25, 0.3) is 0 Å². The van der Waals surface area contributed by atoms with Crippen molar-refractivity contribution in [2.45, 2.75) is 51.7 Å². The molecule has 1 aliphatic heterocycles. The van der Waals surface area contributed by atoms with E-state index in [2.05, 4.69) is 6.92 Å². The zero-order valence-corrected chi connectivity index (χ0v) is 17.8. The van der Waals surface area contributed by atoms with Crippen LogP contribution in [0.2, 0.25) is 0 Å². The van der Waals surface area contributed by atoms with Crippen LogP contribution < -0.4 is 0 Å². The van der Waals surface area contributed by atoms with Crippen LogP contribution in [0.15, 0.2) is 53.1 Å². The van der Waals surface area contributed by atoms with E-state index in [1.807, 2.05) is 42.5 Å². The maximum Gasteiger partial charge on any atom is 0.242 e. The van der Waals surface area contributed by atoms with Gasteiger partial charge in [-0.25, -0.2) is 0 Å². The van der Waals surface area contributed by atoms with Crippen LogP contribution in [0.4, 0.5) is 0 Å². The summed E-state index contributed by atoms with van der Waals surface area (Å²) < 4.78 is 11.2. The lowest BCUT2D eigenvalue weighted by atomic mass is 10.1. The summed E-state index contributed by atoms with van der Waals surface area (Å²) in [6.45, 7) is 4.41. The summed E-state index contributed by atoms with van der Waals surface area (Å²) in [4.78, 5) is 29.6. The standard InChI is InChI=1S/C24H32N2O4/c1-2-3-13-25(23(27)16-20-9-5-4-6-10-20)19-24(28)26(17-21-11-7-14-29-21)18-22-12-8-15-30-22/h4-7,9-11,14,22H,2-3,8,12-13,15-19H2,1H3. The minimum atomic E-state index is -0.0700. The molecule has 30 heavy (non-hydrogen) atoms. The quantitative estimate of drug-likeness (QED) is 0.565. The van der Waals surface area contributed by atoms with E-state index in [-0.39, 0.29) is 24.5 Å². The molecule has 6 nitrogen and oxygen atoms in total. The minimum absolute atomic E-state index is 0.0157. The number of amides is 2. The molecule has 0 saturated carbocycles.